The summed E-state index contributed by atoms with van der Waals surface area (Å²) in [4.78, 5) is 24.8. The first-order valence-electron chi connectivity index (χ1n) is 9.66. The zero-order valence-electron chi connectivity index (χ0n) is 17.3. The van der Waals surface area contributed by atoms with Crippen molar-refractivity contribution in [2.45, 2.75) is 17.6 Å². The number of carbonyl (C=O) groups excluding carboxylic acids is 2. The van der Waals surface area contributed by atoms with Crippen molar-refractivity contribution in [2.24, 2.45) is 0 Å². The first-order valence-corrected chi connectivity index (χ1v) is 10.6. The number of hydrogen-bond acceptors (Lipinski definition) is 5. The van der Waals surface area contributed by atoms with Gasteiger partial charge in [0.2, 0.25) is 5.91 Å². The molecule has 3 aromatic carbocycles. The molecule has 31 heavy (non-hydrogen) atoms. The van der Waals surface area contributed by atoms with E-state index in [9.17, 15) is 9.59 Å². The number of hydrogen-bond donors (Lipinski definition) is 1. The van der Waals surface area contributed by atoms with E-state index in [-0.39, 0.29) is 5.91 Å². The van der Waals surface area contributed by atoms with Gasteiger partial charge in [-0.1, -0.05) is 48.5 Å². The molecule has 3 aromatic rings. The Morgan fingerprint density at radius 3 is 2.45 bits per heavy atom. The highest BCUT2D eigenvalue weighted by atomic mass is 32.2. The van der Waals surface area contributed by atoms with Crippen LogP contribution in [-0.4, -0.2) is 19.0 Å². The van der Waals surface area contributed by atoms with Crippen LogP contribution < -0.4 is 14.8 Å². The number of amides is 1. The molecule has 0 aliphatic rings. The van der Waals surface area contributed by atoms with E-state index >= 15 is 0 Å². The summed E-state index contributed by atoms with van der Waals surface area (Å²) < 4.78 is 10.3. The van der Waals surface area contributed by atoms with Gasteiger partial charge in [-0.05, 0) is 41.5 Å². The fraction of sp³-hybridized carbons (Fsp3) is 0.120. The molecule has 0 atom stereocenters. The number of esters is 1. The Morgan fingerprint density at radius 2 is 1.71 bits per heavy atom. The van der Waals surface area contributed by atoms with Gasteiger partial charge >= 0.3 is 5.97 Å². The minimum absolute atomic E-state index is 0.252. The highest BCUT2D eigenvalue weighted by Gasteiger charge is 2.08. The molecule has 0 fully saturated rings. The topological polar surface area (TPSA) is 64.6 Å². The SMILES string of the molecule is COc1ccc(/C=C/C(=O)Nc2ccccc2SCc2ccccc2)cc1OC(C)=O. The van der Waals surface area contributed by atoms with E-state index in [1.165, 1.54) is 25.7 Å². The van der Waals surface area contributed by atoms with Crippen LogP contribution in [0.3, 0.4) is 0 Å². The number of methoxy groups -OCH3 is 1. The lowest BCUT2D eigenvalue weighted by molar-refractivity contribution is -0.132. The Hall–Kier alpha value is -3.51. The molecule has 0 aliphatic heterocycles. The highest BCUT2D eigenvalue weighted by molar-refractivity contribution is 7.98. The molecule has 0 saturated carbocycles. The Morgan fingerprint density at radius 1 is 0.968 bits per heavy atom. The molecular weight excluding hydrogens is 410 g/mol. The monoisotopic (exact) mass is 433 g/mol. The van der Waals surface area contributed by atoms with Gasteiger partial charge in [0.15, 0.2) is 11.5 Å². The molecule has 0 radical (unpaired) electrons. The van der Waals surface area contributed by atoms with Crippen molar-refractivity contribution >= 4 is 35.4 Å². The van der Waals surface area contributed by atoms with E-state index in [4.69, 9.17) is 9.47 Å². The van der Waals surface area contributed by atoms with Gasteiger partial charge in [0.05, 0.1) is 12.8 Å². The molecule has 0 unspecified atom stereocenters. The number of nitrogens with one attached hydrogen (secondary N) is 1. The third kappa shape index (κ3) is 6.76. The van der Waals surface area contributed by atoms with Gasteiger partial charge < -0.3 is 14.8 Å². The summed E-state index contributed by atoms with van der Waals surface area (Å²) in [5, 5.41) is 2.93. The molecule has 0 heterocycles. The van der Waals surface area contributed by atoms with Crippen molar-refractivity contribution < 1.29 is 19.1 Å². The predicted octanol–water partition coefficient (Wildman–Crippen LogP) is 5.56. The molecule has 0 aliphatic carbocycles. The molecule has 0 bridgehead atoms. The number of rotatable bonds is 8. The maximum atomic E-state index is 12.5. The molecule has 3 rings (SSSR count). The van der Waals surface area contributed by atoms with Crippen LogP contribution in [0.5, 0.6) is 11.5 Å². The van der Waals surface area contributed by atoms with Gasteiger partial charge in [0, 0.05) is 23.6 Å². The first-order chi connectivity index (χ1) is 15.0. The van der Waals surface area contributed by atoms with Crippen LogP contribution in [0, 0.1) is 0 Å². The highest BCUT2D eigenvalue weighted by Crippen LogP contribution is 2.30. The summed E-state index contributed by atoms with van der Waals surface area (Å²) in [5.41, 5.74) is 2.68. The normalized spacial score (nSPS) is 10.6. The van der Waals surface area contributed by atoms with Crippen LogP contribution in [0.15, 0.2) is 83.8 Å². The van der Waals surface area contributed by atoms with Gasteiger partial charge in [0.1, 0.15) is 0 Å². The molecule has 6 heteroatoms. The smallest absolute Gasteiger partial charge is 0.308 e. The maximum Gasteiger partial charge on any atom is 0.308 e. The second-order valence-electron chi connectivity index (χ2n) is 6.60. The third-order valence-corrected chi connectivity index (χ3v) is 5.40. The van der Waals surface area contributed by atoms with E-state index in [0.29, 0.717) is 17.1 Å². The first kappa shape index (κ1) is 22.2. The molecule has 158 valence electrons. The average molecular weight is 434 g/mol. The Bertz CT molecular complexity index is 1080. The number of benzene rings is 3. The number of para-hydroxylation sites is 1. The van der Waals surface area contributed by atoms with Crippen molar-refractivity contribution in [1.82, 2.24) is 0 Å². The zero-order valence-corrected chi connectivity index (χ0v) is 18.1. The molecule has 0 saturated heterocycles. The molecular formula is C25H23NO4S. The Labute approximate surface area is 186 Å². The summed E-state index contributed by atoms with van der Waals surface area (Å²) in [6, 6.07) is 23.0. The molecule has 0 spiro atoms. The van der Waals surface area contributed by atoms with Gasteiger partial charge in [-0.3, -0.25) is 9.59 Å². The quantitative estimate of drug-likeness (QED) is 0.218. The van der Waals surface area contributed by atoms with Crippen molar-refractivity contribution in [3.05, 3.63) is 90.0 Å². The van der Waals surface area contributed by atoms with E-state index in [0.717, 1.165) is 16.3 Å². The van der Waals surface area contributed by atoms with Crippen LogP contribution >= 0.6 is 11.8 Å². The summed E-state index contributed by atoms with van der Waals surface area (Å²) >= 11 is 1.67. The molecule has 5 nitrogen and oxygen atoms in total. The van der Waals surface area contributed by atoms with Gasteiger partial charge in [-0.15, -0.1) is 11.8 Å². The lowest BCUT2D eigenvalue weighted by Crippen LogP contribution is -2.08. The van der Waals surface area contributed by atoms with Gasteiger partial charge in [-0.2, -0.15) is 0 Å². The van der Waals surface area contributed by atoms with Gasteiger partial charge in [-0.25, -0.2) is 0 Å². The molecule has 0 aromatic heterocycles. The third-order valence-electron chi connectivity index (χ3n) is 4.25. The van der Waals surface area contributed by atoms with E-state index in [2.05, 4.69) is 17.4 Å². The van der Waals surface area contributed by atoms with Crippen molar-refractivity contribution in [3.8, 4) is 11.5 Å². The van der Waals surface area contributed by atoms with E-state index < -0.39 is 5.97 Å². The number of carbonyl (C=O) groups is 2. The van der Waals surface area contributed by atoms with Crippen molar-refractivity contribution in [2.75, 3.05) is 12.4 Å². The van der Waals surface area contributed by atoms with E-state index in [1.54, 1.807) is 36.0 Å². The van der Waals surface area contributed by atoms with E-state index in [1.807, 2.05) is 42.5 Å². The predicted molar refractivity (Wildman–Crippen MR) is 124 cm³/mol. The molecule has 1 amide bonds. The maximum absolute atomic E-state index is 12.5. The fourth-order valence-electron chi connectivity index (χ4n) is 2.81. The number of ether oxygens (including phenoxy) is 2. The van der Waals surface area contributed by atoms with Crippen LogP contribution in [0.2, 0.25) is 0 Å². The van der Waals surface area contributed by atoms with Crippen LogP contribution in [0.4, 0.5) is 5.69 Å². The second-order valence-corrected chi connectivity index (χ2v) is 7.61. The average Bonchev–Trinajstić information content (AvgIpc) is 2.77. The minimum Gasteiger partial charge on any atom is -0.493 e. The fourth-order valence-corrected chi connectivity index (χ4v) is 3.77. The number of thioether (sulfide) groups is 1. The Kier molecular flexibility index (Phi) is 7.90. The summed E-state index contributed by atoms with van der Waals surface area (Å²) in [6.07, 6.45) is 3.10. The van der Waals surface area contributed by atoms with Crippen molar-refractivity contribution in [1.29, 1.82) is 0 Å². The second kappa shape index (κ2) is 11.0. The van der Waals surface area contributed by atoms with Crippen molar-refractivity contribution in [3.63, 3.8) is 0 Å². The summed E-state index contributed by atoms with van der Waals surface area (Å²) in [6.45, 7) is 1.32. The minimum atomic E-state index is -0.443. The summed E-state index contributed by atoms with van der Waals surface area (Å²) in [5.74, 6) is 0.870. The largest absolute Gasteiger partial charge is 0.493 e. The molecule has 1 N–H and O–H groups in total. The lowest BCUT2D eigenvalue weighted by Gasteiger charge is -2.10. The number of anilines is 1. The van der Waals surface area contributed by atoms with Gasteiger partial charge in [0.25, 0.3) is 0 Å². The standard InChI is InChI=1S/C25H23NO4S/c1-18(27)30-23-16-19(12-14-22(23)29-2)13-15-25(28)26-21-10-6-7-11-24(21)31-17-20-8-4-3-5-9-20/h3-16H,17H2,1-2H3,(H,26,28)/b15-13+. The Balaban J connectivity index is 1.67. The summed E-state index contributed by atoms with van der Waals surface area (Å²) in [7, 11) is 1.50. The lowest BCUT2D eigenvalue weighted by atomic mass is 10.2. The zero-order chi connectivity index (χ0) is 22.1. The van der Waals surface area contributed by atoms with Crippen LogP contribution in [0.1, 0.15) is 18.1 Å². The van der Waals surface area contributed by atoms with Crippen LogP contribution in [-0.2, 0) is 15.3 Å². The van der Waals surface area contributed by atoms with Crippen LogP contribution in [0.25, 0.3) is 6.08 Å².